The molecule has 1 saturated carbocycles. The van der Waals surface area contributed by atoms with Gasteiger partial charge in [0, 0.05) is 35.7 Å². The van der Waals surface area contributed by atoms with Crippen molar-refractivity contribution in [2.45, 2.75) is 57.2 Å². The van der Waals surface area contributed by atoms with Gasteiger partial charge in [-0.3, -0.25) is 4.21 Å². The molecule has 0 heterocycles. The molecular formula is C14H28N2O3S. The zero-order valence-corrected chi connectivity index (χ0v) is 13.4. The fourth-order valence-electron chi connectivity index (χ4n) is 2.60. The van der Waals surface area contributed by atoms with Crippen LogP contribution in [-0.2, 0) is 10.8 Å². The summed E-state index contributed by atoms with van der Waals surface area (Å²) in [5, 5.41) is 14.7. The first-order chi connectivity index (χ1) is 9.58. The molecule has 118 valence electrons. The van der Waals surface area contributed by atoms with E-state index in [-0.39, 0.29) is 29.8 Å². The highest BCUT2D eigenvalue weighted by Gasteiger charge is 2.30. The summed E-state index contributed by atoms with van der Waals surface area (Å²) in [5.41, 5.74) is 0. The highest BCUT2D eigenvalue weighted by Crippen LogP contribution is 2.23. The van der Waals surface area contributed by atoms with Gasteiger partial charge in [-0.05, 0) is 25.2 Å². The lowest BCUT2D eigenvalue weighted by Crippen LogP contribution is -2.51. The average molecular weight is 304 g/mol. The molecule has 0 aromatic rings. The van der Waals surface area contributed by atoms with E-state index in [0.29, 0.717) is 18.7 Å². The minimum Gasteiger partial charge on any atom is -0.396 e. The average Bonchev–Trinajstić information content (AvgIpc) is 2.45. The number of nitrogens with one attached hydrogen (secondary N) is 2. The first-order valence-electron chi connectivity index (χ1n) is 7.60. The summed E-state index contributed by atoms with van der Waals surface area (Å²) in [6, 6.07) is -0.155. The topological polar surface area (TPSA) is 78.4 Å². The Kier molecular flexibility index (Phi) is 8.14. The molecule has 5 nitrogen and oxygen atoms in total. The van der Waals surface area contributed by atoms with Crippen molar-refractivity contribution in [2.24, 2.45) is 5.92 Å². The Hall–Kier alpha value is -0.620. The SMILES string of the molecule is CCS(=O)C1CCCCC1NC(=O)NCC(C)CCO. The van der Waals surface area contributed by atoms with E-state index in [0.717, 1.165) is 25.7 Å². The molecule has 0 aromatic heterocycles. The van der Waals surface area contributed by atoms with Crippen LogP contribution < -0.4 is 10.6 Å². The minimum atomic E-state index is -0.851. The maximum Gasteiger partial charge on any atom is 0.315 e. The molecule has 0 bridgehead atoms. The standard InChI is InChI=1S/C14H28N2O3S/c1-3-20(19)13-7-5-4-6-12(13)16-14(18)15-10-11(2)8-9-17/h11-13,17H,3-10H2,1-2H3,(H2,15,16,18). The molecule has 1 aliphatic rings. The van der Waals surface area contributed by atoms with Gasteiger partial charge in [-0.15, -0.1) is 0 Å². The van der Waals surface area contributed by atoms with Crippen molar-refractivity contribution in [1.82, 2.24) is 10.6 Å². The molecule has 1 rings (SSSR count). The summed E-state index contributed by atoms with van der Waals surface area (Å²) < 4.78 is 12.0. The first-order valence-corrected chi connectivity index (χ1v) is 8.99. The quantitative estimate of drug-likeness (QED) is 0.665. The van der Waals surface area contributed by atoms with Crippen molar-refractivity contribution in [3.05, 3.63) is 0 Å². The largest absolute Gasteiger partial charge is 0.396 e. The van der Waals surface area contributed by atoms with Crippen molar-refractivity contribution < 1.29 is 14.1 Å². The number of rotatable bonds is 7. The molecule has 1 fully saturated rings. The van der Waals surface area contributed by atoms with Crippen LogP contribution in [0, 0.1) is 5.92 Å². The molecular weight excluding hydrogens is 276 g/mol. The van der Waals surface area contributed by atoms with Crippen LogP contribution >= 0.6 is 0 Å². The van der Waals surface area contributed by atoms with E-state index in [4.69, 9.17) is 5.11 Å². The maximum absolute atomic E-state index is 12.0. The van der Waals surface area contributed by atoms with Crippen molar-refractivity contribution >= 4 is 16.8 Å². The molecule has 0 aliphatic heterocycles. The molecule has 0 saturated heterocycles. The molecule has 0 aromatic carbocycles. The number of hydrogen-bond donors (Lipinski definition) is 3. The number of carbonyl (C=O) groups excluding carboxylic acids is 1. The van der Waals surface area contributed by atoms with Crippen molar-refractivity contribution in [2.75, 3.05) is 18.9 Å². The fourth-order valence-corrected chi connectivity index (χ4v) is 4.03. The smallest absolute Gasteiger partial charge is 0.315 e. The molecule has 0 radical (unpaired) electrons. The van der Waals surface area contributed by atoms with Gasteiger partial charge in [-0.2, -0.15) is 0 Å². The second kappa shape index (κ2) is 9.34. The van der Waals surface area contributed by atoms with Crippen LogP contribution in [0.4, 0.5) is 4.79 Å². The monoisotopic (exact) mass is 304 g/mol. The summed E-state index contributed by atoms with van der Waals surface area (Å²) in [7, 11) is -0.851. The third-order valence-electron chi connectivity index (χ3n) is 3.87. The van der Waals surface area contributed by atoms with Gasteiger partial charge in [0.2, 0.25) is 0 Å². The Morgan fingerprint density at radius 1 is 1.40 bits per heavy atom. The molecule has 0 spiro atoms. The Bertz CT molecular complexity index is 326. The lowest BCUT2D eigenvalue weighted by atomic mass is 9.95. The Morgan fingerprint density at radius 3 is 2.75 bits per heavy atom. The fraction of sp³-hybridized carbons (Fsp3) is 0.929. The number of urea groups is 1. The number of hydrogen-bond acceptors (Lipinski definition) is 3. The van der Waals surface area contributed by atoms with Gasteiger partial charge in [-0.25, -0.2) is 4.79 Å². The molecule has 2 amide bonds. The summed E-state index contributed by atoms with van der Waals surface area (Å²) in [6.45, 7) is 4.62. The Balaban J connectivity index is 2.40. The normalized spacial score (nSPS) is 25.8. The summed E-state index contributed by atoms with van der Waals surface area (Å²) in [4.78, 5) is 11.9. The van der Waals surface area contributed by atoms with Crippen LogP contribution in [0.2, 0.25) is 0 Å². The zero-order chi connectivity index (χ0) is 15.0. The van der Waals surface area contributed by atoms with Gasteiger partial charge in [0.25, 0.3) is 0 Å². The molecule has 3 N–H and O–H groups in total. The van der Waals surface area contributed by atoms with Crippen molar-refractivity contribution in [1.29, 1.82) is 0 Å². The molecule has 1 aliphatic carbocycles. The highest BCUT2D eigenvalue weighted by molar-refractivity contribution is 7.85. The molecule has 4 unspecified atom stereocenters. The van der Waals surface area contributed by atoms with Crippen LogP contribution in [0.3, 0.4) is 0 Å². The van der Waals surface area contributed by atoms with Gasteiger partial charge < -0.3 is 15.7 Å². The van der Waals surface area contributed by atoms with Gasteiger partial charge >= 0.3 is 6.03 Å². The van der Waals surface area contributed by atoms with Gasteiger partial charge in [0.15, 0.2) is 0 Å². The van der Waals surface area contributed by atoms with E-state index in [1.165, 1.54) is 0 Å². The Labute approximate surface area is 124 Å². The van der Waals surface area contributed by atoms with E-state index in [1.54, 1.807) is 0 Å². The van der Waals surface area contributed by atoms with Crippen LogP contribution in [-0.4, -0.2) is 45.5 Å². The zero-order valence-electron chi connectivity index (χ0n) is 12.6. The Morgan fingerprint density at radius 2 is 2.10 bits per heavy atom. The van der Waals surface area contributed by atoms with Gasteiger partial charge in [0.05, 0.1) is 5.25 Å². The van der Waals surface area contributed by atoms with Crippen LogP contribution in [0.25, 0.3) is 0 Å². The lowest BCUT2D eigenvalue weighted by molar-refractivity contribution is 0.227. The van der Waals surface area contributed by atoms with Crippen LogP contribution in [0.5, 0.6) is 0 Å². The minimum absolute atomic E-state index is 0.0256. The third kappa shape index (κ3) is 5.79. The van der Waals surface area contributed by atoms with E-state index >= 15 is 0 Å². The van der Waals surface area contributed by atoms with E-state index in [9.17, 15) is 9.00 Å². The number of amides is 2. The number of carbonyl (C=O) groups is 1. The second-order valence-electron chi connectivity index (χ2n) is 5.57. The number of aliphatic hydroxyl groups excluding tert-OH is 1. The predicted octanol–water partition coefficient (Wildman–Crippen LogP) is 1.38. The van der Waals surface area contributed by atoms with E-state index in [2.05, 4.69) is 10.6 Å². The second-order valence-corrected chi connectivity index (χ2v) is 7.51. The predicted molar refractivity (Wildman–Crippen MR) is 82.1 cm³/mol. The summed E-state index contributed by atoms with van der Waals surface area (Å²) in [6.07, 6.45) is 4.72. The molecule has 20 heavy (non-hydrogen) atoms. The van der Waals surface area contributed by atoms with E-state index in [1.807, 2.05) is 13.8 Å². The highest BCUT2D eigenvalue weighted by atomic mass is 32.2. The summed E-state index contributed by atoms with van der Waals surface area (Å²) in [5.74, 6) is 0.913. The van der Waals surface area contributed by atoms with Gasteiger partial charge in [0.1, 0.15) is 0 Å². The lowest BCUT2D eigenvalue weighted by Gasteiger charge is -2.31. The van der Waals surface area contributed by atoms with Crippen molar-refractivity contribution in [3.8, 4) is 0 Å². The van der Waals surface area contributed by atoms with Crippen LogP contribution in [0.15, 0.2) is 0 Å². The van der Waals surface area contributed by atoms with Crippen molar-refractivity contribution in [3.63, 3.8) is 0 Å². The molecule has 6 heteroatoms. The number of aliphatic hydroxyl groups is 1. The molecule has 4 atom stereocenters. The first kappa shape index (κ1) is 17.4. The van der Waals surface area contributed by atoms with E-state index < -0.39 is 10.8 Å². The summed E-state index contributed by atoms with van der Waals surface area (Å²) >= 11 is 0. The maximum atomic E-state index is 12.0. The van der Waals surface area contributed by atoms with Gasteiger partial charge in [-0.1, -0.05) is 26.7 Å². The third-order valence-corrected chi connectivity index (χ3v) is 5.68. The van der Waals surface area contributed by atoms with Crippen LogP contribution in [0.1, 0.15) is 46.0 Å².